The van der Waals surface area contributed by atoms with Crippen molar-refractivity contribution in [2.24, 2.45) is 0 Å². The quantitative estimate of drug-likeness (QED) is 0.232. The van der Waals surface area contributed by atoms with Crippen molar-refractivity contribution in [3.8, 4) is 5.75 Å². The number of fused-ring (bicyclic) bond motifs is 1. The molecule has 0 aliphatic heterocycles. The summed E-state index contributed by atoms with van der Waals surface area (Å²) in [7, 11) is -3.64. The van der Waals surface area contributed by atoms with Crippen molar-refractivity contribution in [3.05, 3.63) is 70.5 Å². The molecule has 2 heterocycles. The van der Waals surface area contributed by atoms with Crippen LogP contribution in [0.5, 0.6) is 5.75 Å². The van der Waals surface area contributed by atoms with Gasteiger partial charge in [0.1, 0.15) is 12.4 Å². The summed E-state index contributed by atoms with van der Waals surface area (Å²) >= 11 is 1.32. The van der Waals surface area contributed by atoms with Gasteiger partial charge in [-0.25, -0.2) is 8.42 Å². The molecular weight excluding hydrogens is 472 g/mol. The highest BCUT2D eigenvalue weighted by molar-refractivity contribution is 7.92. The molecule has 8 nitrogen and oxygen atoms in total. The predicted molar refractivity (Wildman–Crippen MR) is 133 cm³/mol. The van der Waals surface area contributed by atoms with Gasteiger partial charge in [0.2, 0.25) is 0 Å². The number of anilines is 1. The summed E-state index contributed by atoms with van der Waals surface area (Å²) in [5.74, 6) is 1.38. The smallest absolute Gasteiger partial charge is 0.262 e. The van der Waals surface area contributed by atoms with E-state index in [0.717, 1.165) is 16.7 Å². The minimum atomic E-state index is -3.64. The van der Waals surface area contributed by atoms with Crippen LogP contribution in [0.4, 0.5) is 5.69 Å². The van der Waals surface area contributed by atoms with E-state index in [2.05, 4.69) is 26.3 Å². The van der Waals surface area contributed by atoms with Crippen LogP contribution in [-0.4, -0.2) is 43.4 Å². The van der Waals surface area contributed by atoms with E-state index in [-0.39, 0.29) is 4.90 Å². The first kappa shape index (κ1) is 22.9. The molecule has 1 saturated carbocycles. The molecule has 0 bridgehead atoms. The summed E-state index contributed by atoms with van der Waals surface area (Å²) in [5.41, 5.74) is 3.16. The lowest BCUT2D eigenvalue weighted by atomic mass is 10.1. The van der Waals surface area contributed by atoms with E-state index in [9.17, 15) is 13.5 Å². The molecule has 1 fully saturated rings. The third-order valence-corrected chi connectivity index (χ3v) is 7.97. The molecule has 5 rings (SSSR count). The Bertz CT molecular complexity index is 1360. The summed E-state index contributed by atoms with van der Waals surface area (Å²) in [6.45, 7) is 1.30. The Morgan fingerprint density at radius 1 is 1.21 bits per heavy atom. The highest BCUT2D eigenvalue weighted by Gasteiger charge is 2.27. The predicted octanol–water partition coefficient (Wildman–Crippen LogP) is 4.00. The molecule has 0 amide bonds. The number of aliphatic hydroxyl groups is 1. The second-order valence-electron chi connectivity index (χ2n) is 8.35. The number of H-pyrrole nitrogens is 1. The number of nitrogens with one attached hydrogen (secondary N) is 3. The van der Waals surface area contributed by atoms with Crippen LogP contribution in [0.15, 0.2) is 64.2 Å². The second-order valence-corrected chi connectivity index (χ2v) is 10.8. The largest absolute Gasteiger partial charge is 0.492 e. The van der Waals surface area contributed by atoms with Gasteiger partial charge in [-0.1, -0.05) is 12.1 Å². The van der Waals surface area contributed by atoms with Gasteiger partial charge in [0, 0.05) is 47.2 Å². The second kappa shape index (κ2) is 9.75. The van der Waals surface area contributed by atoms with Crippen molar-refractivity contribution < 1.29 is 18.3 Å². The van der Waals surface area contributed by atoms with Gasteiger partial charge in [0.25, 0.3) is 10.0 Å². The molecule has 1 aliphatic carbocycles. The Morgan fingerprint density at radius 2 is 2.09 bits per heavy atom. The number of aromatic nitrogens is 2. The number of aromatic amines is 1. The number of thiophene rings is 1. The third-order valence-electron chi connectivity index (χ3n) is 5.76. The van der Waals surface area contributed by atoms with Gasteiger partial charge in [-0.3, -0.25) is 9.82 Å². The molecule has 34 heavy (non-hydrogen) atoms. The fourth-order valence-corrected chi connectivity index (χ4v) is 5.89. The average molecular weight is 499 g/mol. The van der Waals surface area contributed by atoms with Gasteiger partial charge >= 0.3 is 0 Å². The molecule has 4 N–H and O–H groups in total. The topological polar surface area (TPSA) is 116 Å². The summed E-state index contributed by atoms with van der Waals surface area (Å²) in [6.07, 6.45) is 1.66. The Morgan fingerprint density at radius 3 is 2.88 bits per heavy atom. The van der Waals surface area contributed by atoms with Gasteiger partial charge in [-0.2, -0.15) is 16.4 Å². The fraction of sp³-hybridized carbons (Fsp3) is 0.292. The van der Waals surface area contributed by atoms with E-state index < -0.39 is 16.1 Å². The SMILES string of the molecule is O=S(=O)(Nc1cccc(C(O)CNCCOc2ccc3c(C4CC4)[nH]nc3c2)c1)c1ccsc1. The Balaban J connectivity index is 1.09. The number of ether oxygens (including phenoxy) is 1. The van der Waals surface area contributed by atoms with Gasteiger partial charge in [-0.15, -0.1) is 0 Å². The summed E-state index contributed by atoms with van der Waals surface area (Å²) in [4.78, 5) is 0.222. The number of benzene rings is 2. The molecule has 1 atom stereocenters. The standard InChI is InChI=1S/C24H26N4O4S2/c29-23(17-2-1-3-18(12-17)28-34(30,31)20-8-11-33-15-20)14-25-9-10-32-19-6-7-21-22(13-19)26-27-24(21)16-4-5-16/h1-3,6-8,11-13,15-16,23,25,28-29H,4-5,9-10,14H2,(H,26,27). The zero-order valence-electron chi connectivity index (χ0n) is 18.4. The first-order valence-corrected chi connectivity index (χ1v) is 13.6. The maximum Gasteiger partial charge on any atom is 0.262 e. The molecule has 0 saturated heterocycles. The summed E-state index contributed by atoms with van der Waals surface area (Å²) in [5, 5.41) is 25.7. The van der Waals surface area contributed by atoms with Crippen LogP contribution in [0.2, 0.25) is 0 Å². The first-order chi connectivity index (χ1) is 16.5. The number of aliphatic hydroxyl groups excluding tert-OH is 1. The summed E-state index contributed by atoms with van der Waals surface area (Å²) < 4.78 is 33.2. The van der Waals surface area contributed by atoms with Gasteiger partial charge in [-0.05, 0) is 54.1 Å². The number of rotatable bonds is 11. The molecule has 10 heteroatoms. The molecule has 1 aliphatic rings. The molecule has 178 valence electrons. The van der Waals surface area contributed by atoms with Gasteiger partial charge in [0.15, 0.2) is 0 Å². The van der Waals surface area contributed by atoms with E-state index in [4.69, 9.17) is 4.74 Å². The highest BCUT2D eigenvalue weighted by atomic mass is 32.2. The number of nitrogens with zero attached hydrogens (tertiary/aromatic N) is 1. The van der Waals surface area contributed by atoms with Crippen LogP contribution in [-0.2, 0) is 10.0 Å². The average Bonchev–Trinajstić information content (AvgIpc) is 3.33. The van der Waals surface area contributed by atoms with Crippen LogP contribution in [0, 0.1) is 0 Å². The van der Waals surface area contributed by atoms with Crippen molar-refractivity contribution in [2.45, 2.75) is 29.8 Å². The van der Waals surface area contributed by atoms with Crippen LogP contribution in [0.1, 0.15) is 36.1 Å². The summed E-state index contributed by atoms with van der Waals surface area (Å²) in [6, 6.07) is 14.3. The van der Waals surface area contributed by atoms with Crippen molar-refractivity contribution >= 4 is 38.0 Å². The van der Waals surface area contributed by atoms with Crippen molar-refractivity contribution in [3.63, 3.8) is 0 Å². The molecule has 0 radical (unpaired) electrons. The minimum Gasteiger partial charge on any atom is -0.492 e. The number of sulfonamides is 1. The lowest BCUT2D eigenvalue weighted by Crippen LogP contribution is -2.26. The molecule has 2 aromatic heterocycles. The van der Waals surface area contributed by atoms with E-state index in [0.29, 0.717) is 36.9 Å². The molecular formula is C24H26N4O4S2. The van der Waals surface area contributed by atoms with Crippen LogP contribution in [0.3, 0.4) is 0 Å². The van der Waals surface area contributed by atoms with Gasteiger partial charge in [0.05, 0.1) is 16.5 Å². The van der Waals surface area contributed by atoms with Crippen LogP contribution < -0.4 is 14.8 Å². The Hall–Kier alpha value is -2.92. The zero-order chi connectivity index (χ0) is 23.5. The van der Waals surface area contributed by atoms with E-state index in [1.807, 2.05) is 12.1 Å². The molecule has 0 spiro atoms. The third kappa shape index (κ3) is 5.25. The normalized spacial score (nSPS) is 14.9. The maximum absolute atomic E-state index is 12.4. The lowest BCUT2D eigenvalue weighted by molar-refractivity contribution is 0.172. The monoisotopic (exact) mass is 498 g/mol. The van der Waals surface area contributed by atoms with Crippen molar-refractivity contribution in [1.29, 1.82) is 0 Å². The zero-order valence-corrected chi connectivity index (χ0v) is 20.0. The number of hydrogen-bond donors (Lipinski definition) is 4. The van der Waals surface area contributed by atoms with E-state index in [1.54, 1.807) is 41.1 Å². The Kier molecular flexibility index (Phi) is 6.55. The first-order valence-electron chi connectivity index (χ1n) is 11.1. The fourth-order valence-electron chi connectivity index (χ4n) is 3.81. The van der Waals surface area contributed by atoms with Crippen molar-refractivity contribution in [2.75, 3.05) is 24.4 Å². The minimum absolute atomic E-state index is 0.222. The van der Waals surface area contributed by atoms with Crippen LogP contribution in [0.25, 0.3) is 10.9 Å². The Labute approximate surface area is 202 Å². The maximum atomic E-state index is 12.4. The number of hydrogen-bond acceptors (Lipinski definition) is 7. The van der Waals surface area contributed by atoms with E-state index in [1.165, 1.54) is 29.9 Å². The van der Waals surface area contributed by atoms with E-state index >= 15 is 0 Å². The molecule has 2 aromatic carbocycles. The van der Waals surface area contributed by atoms with Gasteiger partial charge < -0.3 is 15.2 Å². The van der Waals surface area contributed by atoms with Crippen molar-refractivity contribution in [1.82, 2.24) is 15.5 Å². The molecule has 4 aromatic rings. The highest BCUT2D eigenvalue weighted by Crippen LogP contribution is 2.42. The lowest BCUT2D eigenvalue weighted by Gasteiger charge is -2.14. The molecule has 1 unspecified atom stereocenters. The van der Waals surface area contributed by atoms with Crippen LogP contribution >= 0.6 is 11.3 Å².